The Morgan fingerprint density at radius 2 is 1.94 bits per heavy atom. The van der Waals surface area contributed by atoms with Crippen LogP contribution in [0.4, 0.5) is 0 Å². The molecule has 0 fully saturated rings. The average Bonchev–Trinajstić information content (AvgIpc) is 2.37. The lowest BCUT2D eigenvalue weighted by atomic mass is 10.1. The van der Waals surface area contributed by atoms with Gasteiger partial charge in [-0.15, -0.1) is 0 Å². The van der Waals surface area contributed by atoms with Crippen LogP contribution in [0.25, 0.3) is 0 Å². The van der Waals surface area contributed by atoms with Crippen LogP contribution < -0.4 is 10.5 Å². The van der Waals surface area contributed by atoms with E-state index in [0.717, 1.165) is 11.3 Å². The second-order valence-electron chi connectivity index (χ2n) is 3.86. The molecule has 0 heterocycles. The van der Waals surface area contributed by atoms with Crippen molar-refractivity contribution < 1.29 is 4.74 Å². The largest absolute Gasteiger partial charge is 0.489 e. The maximum Gasteiger partial charge on any atom is 0.122 e. The topological polar surface area (TPSA) is 59.1 Å². The van der Waals surface area contributed by atoms with Crippen molar-refractivity contribution >= 4 is 17.4 Å². The first-order chi connectivity index (χ1) is 8.65. The smallest absolute Gasteiger partial charge is 0.122 e. The highest BCUT2D eigenvalue weighted by atomic mass is 35.5. The SMILES string of the molecule is N=C(N)c1cccc(COc2cccc(Cl)c2)c1. The molecule has 0 atom stereocenters. The third-order valence-corrected chi connectivity index (χ3v) is 2.67. The van der Waals surface area contributed by atoms with Gasteiger partial charge in [-0.05, 0) is 29.8 Å². The van der Waals surface area contributed by atoms with Crippen LogP contribution in [0.15, 0.2) is 48.5 Å². The summed E-state index contributed by atoms with van der Waals surface area (Å²) in [5, 5.41) is 8.02. The van der Waals surface area contributed by atoms with E-state index in [9.17, 15) is 0 Å². The lowest BCUT2D eigenvalue weighted by Crippen LogP contribution is -2.11. The molecular formula is C14H13ClN2O. The molecule has 3 N–H and O–H groups in total. The predicted octanol–water partition coefficient (Wildman–Crippen LogP) is 3.20. The lowest BCUT2D eigenvalue weighted by molar-refractivity contribution is 0.306. The van der Waals surface area contributed by atoms with Crippen LogP contribution in [0.3, 0.4) is 0 Å². The van der Waals surface area contributed by atoms with Crippen molar-refractivity contribution in [2.45, 2.75) is 6.61 Å². The lowest BCUT2D eigenvalue weighted by Gasteiger charge is -2.07. The molecule has 2 rings (SSSR count). The van der Waals surface area contributed by atoms with Gasteiger partial charge in [0.1, 0.15) is 18.2 Å². The van der Waals surface area contributed by atoms with E-state index in [1.54, 1.807) is 18.2 Å². The maximum absolute atomic E-state index is 7.38. The van der Waals surface area contributed by atoms with Crippen molar-refractivity contribution in [2.75, 3.05) is 0 Å². The summed E-state index contributed by atoms with van der Waals surface area (Å²) in [7, 11) is 0. The number of nitrogens with two attached hydrogens (primary N) is 1. The minimum absolute atomic E-state index is 0.0552. The van der Waals surface area contributed by atoms with Gasteiger partial charge in [0.25, 0.3) is 0 Å². The van der Waals surface area contributed by atoms with Crippen molar-refractivity contribution in [3.05, 3.63) is 64.7 Å². The highest BCUT2D eigenvalue weighted by Crippen LogP contribution is 2.18. The number of ether oxygens (including phenoxy) is 1. The van der Waals surface area contributed by atoms with Gasteiger partial charge in [-0.3, -0.25) is 5.41 Å². The Kier molecular flexibility index (Phi) is 3.85. The predicted molar refractivity (Wildman–Crippen MR) is 73.2 cm³/mol. The van der Waals surface area contributed by atoms with E-state index in [-0.39, 0.29) is 5.84 Å². The quantitative estimate of drug-likeness (QED) is 0.655. The first-order valence-corrected chi connectivity index (χ1v) is 5.84. The molecule has 0 saturated carbocycles. The first kappa shape index (κ1) is 12.5. The maximum atomic E-state index is 7.38. The number of nitrogen functional groups attached to an aromatic ring is 1. The van der Waals surface area contributed by atoms with E-state index in [0.29, 0.717) is 17.2 Å². The Labute approximate surface area is 111 Å². The molecule has 0 unspecified atom stereocenters. The molecule has 4 heteroatoms. The normalized spacial score (nSPS) is 10.1. The second kappa shape index (κ2) is 5.56. The third-order valence-electron chi connectivity index (χ3n) is 2.44. The number of nitrogens with one attached hydrogen (secondary N) is 1. The molecule has 0 spiro atoms. The summed E-state index contributed by atoms with van der Waals surface area (Å²) in [6.07, 6.45) is 0. The van der Waals surface area contributed by atoms with Crippen molar-refractivity contribution in [1.29, 1.82) is 5.41 Å². The van der Waals surface area contributed by atoms with E-state index in [4.69, 9.17) is 27.5 Å². The molecule has 0 radical (unpaired) electrons. The molecule has 92 valence electrons. The molecule has 2 aromatic carbocycles. The molecule has 0 bridgehead atoms. The zero-order chi connectivity index (χ0) is 13.0. The van der Waals surface area contributed by atoms with E-state index >= 15 is 0 Å². The van der Waals surface area contributed by atoms with E-state index in [1.165, 1.54) is 0 Å². The minimum atomic E-state index is 0.0552. The van der Waals surface area contributed by atoms with E-state index in [2.05, 4.69) is 0 Å². The van der Waals surface area contributed by atoms with Gasteiger partial charge in [0.05, 0.1) is 0 Å². The Morgan fingerprint density at radius 1 is 1.17 bits per heavy atom. The number of rotatable bonds is 4. The highest BCUT2D eigenvalue weighted by molar-refractivity contribution is 6.30. The van der Waals surface area contributed by atoms with Gasteiger partial charge >= 0.3 is 0 Å². The van der Waals surface area contributed by atoms with Crippen molar-refractivity contribution in [3.63, 3.8) is 0 Å². The molecule has 0 aliphatic heterocycles. The van der Waals surface area contributed by atoms with Crippen LogP contribution in [0.2, 0.25) is 5.02 Å². The Morgan fingerprint density at radius 3 is 2.67 bits per heavy atom. The van der Waals surface area contributed by atoms with Crippen LogP contribution in [0.5, 0.6) is 5.75 Å². The van der Waals surface area contributed by atoms with Crippen LogP contribution in [0, 0.1) is 5.41 Å². The molecule has 2 aromatic rings. The first-order valence-electron chi connectivity index (χ1n) is 5.47. The fourth-order valence-electron chi connectivity index (χ4n) is 1.55. The molecule has 0 aliphatic carbocycles. The summed E-state index contributed by atoms with van der Waals surface area (Å²) >= 11 is 5.87. The van der Waals surface area contributed by atoms with Crippen molar-refractivity contribution in [1.82, 2.24) is 0 Å². The number of hydrogen-bond donors (Lipinski definition) is 2. The van der Waals surface area contributed by atoms with Crippen LogP contribution in [-0.4, -0.2) is 5.84 Å². The summed E-state index contributed by atoms with van der Waals surface area (Å²) in [4.78, 5) is 0. The summed E-state index contributed by atoms with van der Waals surface area (Å²) in [5.41, 5.74) is 7.09. The number of halogens is 1. The Bertz CT molecular complexity index is 569. The number of benzene rings is 2. The van der Waals surface area contributed by atoms with E-state index < -0.39 is 0 Å². The zero-order valence-corrected chi connectivity index (χ0v) is 10.4. The van der Waals surface area contributed by atoms with Crippen LogP contribution in [-0.2, 0) is 6.61 Å². The summed E-state index contributed by atoms with van der Waals surface area (Å²) in [6, 6.07) is 14.7. The summed E-state index contributed by atoms with van der Waals surface area (Å²) < 4.78 is 5.61. The zero-order valence-electron chi connectivity index (χ0n) is 9.69. The minimum Gasteiger partial charge on any atom is -0.489 e. The number of hydrogen-bond acceptors (Lipinski definition) is 2. The molecule has 0 aliphatic rings. The Hall–Kier alpha value is -2.00. The van der Waals surface area contributed by atoms with Crippen molar-refractivity contribution in [3.8, 4) is 5.75 Å². The standard InChI is InChI=1S/C14H13ClN2O/c15-12-5-2-6-13(8-12)18-9-10-3-1-4-11(7-10)14(16)17/h1-8H,9H2,(H3,16,17). The van der Waals surface area contributed by atoms with Gasteiger partial charge in [-0.25, -0.2) is 0 Å². The summed E-state index contributed by atoms with van der Waals surface area (Å²) in [6.45, 7) is 0.418. The fraction of sp³-hybridized carbons (Fsp3) is 0.0714. The second-order valence-corrected chi connectivity index (χ2v) is 4.30. The van der Waals surface area contributed by atoms with Gasteiger partial charge < -0.3 is 10.5 Å². The third kappa shape index (κ3) is 3.25. The van der Waals surface area contributed by atoms with Gasteiger partial charge in [0.15, 0.2) is 0 Å². The van der Waals surface area contributed by atoms with Gasteiger partial charge in [0, 0.05) is 10.6 Å². The van der Waals surface area contributed by atoms with Gasteiger partial charge in [-0.1, -0.05) is 35.9 Å². The average molecular weight is 261 g/mol. The van der Waals surface area contributed by atoms with Crippen LogP contribution in [0.1, 0.15) is 11.1 Å². The molecule has 18 heavy (non-hydrogen) atoms. The van der Waals surface area contributed by atoms with Crippen LogP contribution >= 0.6 is 11.6 Å². The fourth-order valence-corrected chi connectivity index (χ4v) is 1.73. The van der Waals surface area contributed by atoms with E-state index in [1.807, 2.05) is 30.3 Å². The summed E-state index contributed by atoms with van der Waals surface area (Å²) in [5.74, 6) is 0.773. The Balaban J connectivity index is 2.06. The monoisotopic (exact) mass is 260 g/mol. The molecule has 0 amide bonds. The highest BCUT2D eigenvalue weighted by Gasteiger charge is 2.00. The van der Waals surface area contributed by atoms with Crippen molar-refractivity contribution in [2.24, 2.45) is 5.73 Å². The van der Waals surface area contributed by atoms with Gasteiger partial charge in [0.2, 0.25) is 0 Å². The van der Waals surface area contributed by atoms with Gasteiger partial charge in [-0.2, -0.15) is 0 Å². The molecular weight excluding hydrogens is 248 g/mol. The molecule has 3 nitrogen and oxygen atoms in total. The molecule has 0 aromatic heterocycles. The number of amidine groups is 1. The molecule has 0 saturated heterocycles.